The van der Waals surface area contributed by atoms with Crippen LogP contribution in [0.5, 0.6) is 0 Å². The molecule has 0 aromatic carbocycles. The van der Waals surface area contributed by atoms with Gasteiger partial charge in [0.25, 0.3) is 0 Å². The summed E-state index contributed by atoms with van der Waals surface area (Å²) in [6, 6.07) is 0. The van der Waals surface area contributed by atoms with Crippen molar-refractivity contribution in [2.45, 2.75) is 68.3 Å². The standard InChI is InChI=1S/C12H22O10/c1-3-5(14)7(16)8(17)12(20-3)22-10-6(15)4(2-13)21-11(19)9(10)18/h3-19H,2H2,1H3/t3-,4+,5-,6-,7+,8+,9+,10-,11-,12+/m0/s1. The Kier molecular flexibility index (Phi) is 5.72. The lowest BCUT2D eigenvalue weighted by molar-refractivity contribution is -0.352. The minimum atomic E-state index is -1.71. The van der Waals surface area contributed by atoms with Crippen molar-refractivity contribution in [1.82, 2.24) is 0 Å². The van der Waals surface area contributed by atoms with Crippen LogP contribution in [0.2, 0.25) is 0 Å². The minimum Gasteiger partial charge on any atom is -0.394 e. The molecule has 0 unspecified atom stereocenters. The normalized spacial score (nSPS) is 53.5. The van der Waals surface area contributed by atoms with Gasteiger partial charge in [-0.25, -0.2) is 0 Å². The summed E-state index contributed by atoms with van der Waals surface area (Å²) >= 11 is 0. The van der Waals surface area contributed by atoms with E-state index in [9.17, 15) is 30.6 Å². The molecule has 2 rings (SSSR count). The third-order valence-electron chi connectivity index (χ3n) is 3.94. The molecule has 0 aromatic heterocycles. The molecule has 2 aliphatic heterocycles. The number of aliphatic hydroxyl groups excluding tert-OH is 7. The number of ether oxygens (including phenoxy) is 3. The summed E-state index contributed by atoms with van der Waals surface area (Å²) < 4.78 is 15.3. The summed E-state index contributed by atoms with van der Waals surface area (Å²) in [6.45, 7) is 0.814. The monoisotopic (exact) mass is 326 g/mol. The number of aliphatic hydroxyl groups is 7. The molecule has 2 saturated heterocycles. The molecule has 10 nitrogen and oxygen atoms in total. The summed E-state index contributed by atoms with van der Waals surface area (Å²) in [5.41, 5.74) is 0. The lowest BCUT2D eigenvalue weighted by Crippen LogP contribution is -2.63. The van der Waals surface area contributed by atoms with E-state index < -0.39 is 68.0 Å². The summed E-state index contributed by atoms with van der Waals surface area (Å²) in [5, 5.41) is 67.6. The van der Waals surface area contributed by atoms with E-state index in [0.29, 0.717) is 0 Å². The quantitative estimate of drug-likeness (QED) is 0.269. The second-order valence-corrected chi connectivity index (χ2v) is 5.51. The fourth-order valence-corrected chi connectivity index (χ4v) is 2.51. The van der Waals surface area contributed by atoms with Gasteiger partial charge in [-0.2, -0.15) is 0 Å². The lowest BCUT2D eigenvalue weighted by Gasteiger charge is -2.44. The predicted octanol–water partition coefficient (Wildman–Crippen LogP) is -4.37. The molecule has 10 atom stereocenters. The highest BCUT2D eigenvalue weighted by Crippen LogP contribution is 2.28. The second kappa shape index (κ2) is 7.01. The Labute approximate surface area is 126 Å². The molecule has 0 saturated carbocycles. The molecule has 2 aliphatic rings. The highest BCUT2D eigenvalue weighted by atomic mass is 16.7. The molecule has 2 fully saturated rings. The maximum atomic E-state index is 9.99. The van der Waals surface area contributed by atoms with E-state index in [4.69, 9.17) is 19.3 Å². The van der Waals surface area contributed by atoms with Gasteiger partial charge in [-0.1, -0.05) is 0 Å². The third kappa shape index (κ3) is 3.26. The van der Waals surface area contributed by atoms with E-state index in [0.717, 1.165) is 0 Å². The average molecular weight is 326 g/mol. The Hall–Kier alpha value is -0.400. The van der Waals surface area contributed by atoms with E-state index in [2.05, 4.69) is 0 Å². The maximum Gasteiger partial charge on any atom is 0.187 e. The summed E-state index contributed by atoms with van der Waals surface area (Å²) in [5.74, 6) is 0. The molecule has 0 radical (unpaired) electrons. The molecule has 10 heteroatoms. The van der Waals surface area contributed by atoms with Crippen LogP contribution in [0.4, 0.5) is 0 Å². The summed E-state index contributed by atoms with van der Waals surface area (Å²) in [7, 11) is 0. The Morgan fingerprint density at radius 1 is 0.818 bits per heavy atom. The van der Waals surface area contributed by atoms with Gasteiger partial charge in [0.15, 0.2) is 12.6 Å². The van der Waals surface area contributed by atoms with Crippen LogP contribution < -0.4 is 0 Å². The second-order valence-electron chi connectivity index (χ2n) is 5.51. The average Bonchev–Trinajstić information content (AvgIpc) is 2.50. The smallest absolute Gasteiger partial charge is 0.187 e. The minimum absolute atomic E-state index is 0.628. The van der Waals surface area contributed by atoms with Gasteiger partial charge in [0.1, 0.15) is 42.7 Å². The van der Waals surface area contributed by atoms with Crippen LogP contribution in [0, 0.1) is 0 Å². The van der Waals surface area contributed by atoms with Crippen LogP contribution >= 0.6 is 0 Å². The van der Waals surface area contributed by atoms with Crippen molar-refractivity contribution in [3.8, 4) is 0 Å². The SMILES string of the molecule is C[C@@H]1O[C@H](O[C@@H]2[C@@H](O)[C@@H](O)O[C@H](CO)[C@@H]2O)[C@H](O)[C@H](O)[C@H]1O. The molecule has 0 aromatic rings. The van der Waals surface area contributed by atoms with E-state index >= 15 is 0 Å². The van der Waals surface area contributed by atoms with Crippen LogP contribution in [0.25, 0.3) is 0 Å². The fraction of sp³-hybridized carbons (Fsp3) is 1.00. The molecule has 130 valence electrons. The third-order valence-corrected chi connectivity index (χ3v) is 3.94. The van der Waals surface area contributed by atoms with Gasteiger partial charge in [0.05, 0.1) is 12.7 Å². The number of rotatable bonds is 3. The summed E-state index contributed by atoms with van der Waals surface area (Å²) in [4.78, 5) is 0. The topological polar surface area (TPSA) is 169 Å². The highest BCUT2D eigenvalue weighted by Gasteiger charge is 2.49. The lowest BCUT2D eigenvalue weighted by atomic mass is 9.97. The van der Waals surface area contributed by atoms with Gasteiger partial charge in [-0.15, -0.1) is 0 Å². The molecule has 22 heavy (non-hydrogen) atoms. The zero-order valence-electron chi connectivity index (χ0n) is 11.8. The fourth-order valence-electron chi connectivity index (χ4n) is 2.51. The molecule has 0 aliphatic carbocycles. The van der Waals surface area contributed by atoms with Crippen LogP contribution in [0.3, 0.4) is 0 Å². The molecule has 7 N–H and O–H groups in total. The van der Waals surface area contributed by atoms with Crippen molar-refractivity contribution in [2.24, 2.45) is 0 Å². The first kappa shape index (κ1) is 17.9. The Balaban J connectivity index is 2.10. The molecule has 0 bridgehead atoms. The Morgan fingerprint density at radius 2 is 1.45 bits per heavy atom. The Morgan fingerprint density at radius 3 is 2.05 bits per heavy atom. The van der Waals surface area contributed by atoms with Crippen molar-refractivity contribution in [1.29, 1.82) is 0 Å². The predicted molar refractivity (Wildman–Crippen MR) is 67.2 cm³/mol. The van der Waals surface area contributed by atoms with E-state index in [1.54, 1.807) is 0 Å². The van der Waals surface area contributed by atoms with Gasteiger partial charge >= 0.3 is 0 Å². The van der Waals surface area contributed by atoms with Gasteiger partial charge < -0.3 is 50.0 Å². The Bertz CT molecular complexity index is 368. The van der Waals surface area contributed by atoms with Crippen LogP contribution in [-0.2, 0) is 14.2 Å². The van der Waals surface area contributed by atoms with Gasteiger partial charge in [0.2, 0.25) is 0 Å². The zero-order chi connectivity index (χ0) is 16.6. The highest BCUT2D eigenvalue weighted by molar-refractivity contribution is 4.93. The van der Waals surface area contributed by atoms with E-state index in [1.807, 2.05) is 0 Å². The maximum absolute atomic E-state index is 9.99. The molecule has 0 amide bonds. The molecule has 0 spiro atoms. The first-order valence-electron chi connectivity index (χ1n) is 6.93. The van der Waals surface area contributed by atoms with E-state index in [-0.39, 0.29) is 0 Å². The van der Waals surface area contributed by atoms with Crippen molar-refractivity contribution < 1.29 is 50.0 Å². The molecular weight excluding hydrogens is 304 g/mol. The van der Waals surface area contributed by atoms with Crippen LogP contribution in [0.15, 0.2) is 0 Å². The zero-order valence-corrected chi connectivity index (χ0v) is 11.8. The first-order chi connectivity index (χ1) is 10.3. The van der Waals surface area contributed by atoms with Crippen molar-refractivity contribution in [2.75, 3.05) is 6.61 Å². The van der Waals surface area contributed by atoms with Gasteiger partial charge in [-0.3, -0.25) is 0 Å². The van der Waals surface area contributed by atoms with Gasteiger partial charge in [0, 0.05) is 0 Å². The number of hydrogen-bond acceptors (Lipinski definition) is 10. The van der Waals surface area contributed by atoms with E-state index in [1.165, 1.54) is 6.92 Å². The molecule has 2 heterocycles. The number of hydrogen-bond donors (Lipinski definition) is 7. The largest absolute Gasteiger partial charge is 0.394 e. The first-order valence-corrected chi connectivity index (χ1v) is 6.93. The van der Waals surface area contributed by atoms with Crippen LogP contribution in [-0.4, -0.2) is 104 Å². The van der Waals surface area contributed by atoms with Crippen molar-refractivity contribution in [3.63, 3.8) is 0 Å². The van der Waals surface area contributed by atoms with Crippen LogP contribution in [0.1, 0.15) is 6.92 Å². The van der Waals surface area contributed by atoms with Crippen molar-refractivity contribution >= 4 is 0 Å². The van der Waals surface area contributed by atoms with Gasteiger partial charge in [-0.05, 0) is 6.92 Å². The molecular formula is C12H22O10. The summed E-state index contributed by atoms with van der Waals surface area (Å²) in [6.07, 6.45) is -14.3. The van der Waals surface area contributed by atoms with Crippen molar-refractivity contribution in [3.05, 3.63) is 0 Å².